The Balaban J connectivity index is 1.67. The van der Waals surface area contributed by atoms with Gasteiger partial charge in [0.2, 0.25) is 5.91 Å². The third-order valence-electron chi connectivity index (χ3n) is 4.57. The SMILES string of the molecule is COc1ccccc1CNC(=O)CCN1C(=O)C(C)(C)Oc2ccc(Cl)cc21. The zero-order valence-electron chi connectivity index (χ0n) is 16.1. The first-order chi connectivity index (χ1) is 13.3. The molecule has 0 fully saturated rings. The Morgan fingerprint density at radius 1 is 1.25 bits per heavy atom. The minimum atomic E-state index is -1.01. The number of rotatable bonds is 6. The van der Waals surface area contributed by atoms with E-state index in [9.17, 15) is 9.59 Å². The van der Waals surface area contributed by atoms with Gasteiger partial charge in [-0.15, -0.1) is 0 Å². The minimum absolute atomic E-state index is 0.156. The van der Waals surface area contributed by atoms with Crippen LogP contribution in [0.15, 0.2) is 42.5 Å². The summed E-state index contributed by atoms with van der Waals surface area (Å²) >= 11 is 6.08. The first-order valence-electron chi connectivity index (χ1n) is 9.01. The smallest absolute Gasteiger partial charge is 0.270 e. The predicted octanol–water partition coefficient (Wildman–Crippen LogP) is 3.56. The van der Waals surface area contributed by atoms with Crippen LogP contribution in [0.3, 0.4) is 0 Å². The molecule has 0 bridgehead atoms. The van der Waals surface area contributed by atoms with E-state index in [2.05, 4.69) is 5.32 Å². The normalized spacial score (nSPS) is 14.9. The quantitative estimate of drug-likeness (QED) is 0.802. The molecule has 2 aromatic carbocycles. The van der Waals surface area contributed by atoms with Gasteiger partial charge in [0.1, 0.15) is 11.5 Å². The summed E-state index contributed by atoms with van der Waals surface area (Å²) in [6.45, 7) is 4.01. The van der Waals surface area contributed by atoms with Crippen molar-refractivity contribution in [2.45, 2.75) is 32.4 Å². The monoisotopic (exact) mass is 402 g/mol. The summed E-state index contributed by atoms with van der Waals surface area (Å²) in [6.07, 6.45) is 0.156. The van der Waals surface area contributed by atoms with Crippen molar-refractivity contribution in [2.24, 2.45) is 0 Å². The van der Waals surface area contributed by atoms with Crippen LogP contribution >= 0.6 is 11.6 Å². The summed E-state index contributed by atoms with van der Waals surface area (Å²) in [5.41, 5.74) is 0.461. The summed E-state index contributed by atoms with van der Waals surface area (Å²) in [5.74, 6) is 0.922. The molecule has 0 saturated heterocycles. The number of amides is 2. The van der Waals surface area contributed by atoms with E-state index >= 15 is 0 Å². The maximum absolute atomic E-state index is 12.8. The van der Waals surface area contributed by atoms with Crippen LogP contribution in [0, 0.1) is 0 Å². The van der Waals surface area contributed by atoms with E-state index in [0.29, 0.717) is 23.0 Å². The van der Waals surface area contributed by atoms with E-state index in [0.717, 1.165) is 11.3 Å². The number of ether oxygens (including phenoxy) is 2. The van der Waals surface area contributed by atoms with E-state index in [4.69, 9.17) is 21.1 Å². The Morgan fingerprint density at radius 3 is 2.75 bits per heavy atom. The number of anilines is 1. The largest absolute Gasteiger partial charge is 0.496 e. The Labute approximate surface area is 169 Å². The molecule has 1 heterocycles. The maximum Gasteiger partial charge on any atom is 0.270 e. The van der Waals surface area contributed by atoms with Crippen molar-refractivity contribution in [3.8, 4) is 11.5 Å². The molecule has 0 spiro atoms. The Hall–Kier alpha value is -2.73. The molecule has 2 amide bonds. The first-order valence-corrected chi connectivity index (χ1v) is 9.39. The second-order valence-electron chi connectivity index (χ2n) is 7.02. The molecule has 1 N–H and O–H groups in total. The van der Waals surface area contributed by atoms with Gasteiger partial charge in [0.25, 0.3) is 5.91 Å². The number of hydrogen-bond acceptors (Lipinski definition) is 4. The molecule has 148 valence electrons. The zero-order valence-corrected chi connectivity index (χ0v) is 16.9. The average Bonchev–Trinajstić information content (AvgIpc) is 2.67. The van der Waals surface area contributed by atoms with Crippen molar-refractivity contribution in [3.63, 3.8) is 0 Å². The van der Waals surface area contributed by atoms with Crippen LogP contribution in [-0.2, 0) is 16.1 Å². The van der Waals surface area contributed by atoms with Gasteiger partial charge in [-0.2, -0.15) is 0 Å². The molecule has 0 aliphatic carbocycles. The number of nitrogens with zero attached hydrogens (tertiary/aromatic N) is 1. The van der Waals surface area contributed by atoms with Gasteiger partial charge in [0.05, 0.1) is 12.8 Å². The number of carbonyl (C=O) groups is 2. The van der Waals surface area contributed by atoms with Gasteiger partial charge in [-0.3, -0.25) is 9.59 Å². The van der Waals surface area contributed by atoms with Crippen LogP contribution in [0.5, 0.6) is 11.5 Å². The zero-order chi connectivity index (χ0) is 20.3. The van der Waals surface area contributed by atoms with Crippen molar-refractivity contribution in [1.29, 1.82) is 0 Å². The number of para-hydroxylation sites is 1. The fourth-order valence-corrected chi connectivity index (χ4v) is 3.27. The van der Waals surface area contributed by atoms with E-state index in [1.807, 2.05) is 24.3 Å². The highest BCUT2D eigenvalue weighted by Crippen LogP contribution is 2.39. The third-order valence-corrected chi connectivity index (χ3v) is 4.80. The third kappa shape index (κ3) is 4.22. The van der Waals surface area contributed by atoms with Gasteiger partial charge in [0.15, 0.2) is 5.60 Å². The molecule has 28 heavy (non-hydrogen) atoms. The lowest BCUT2D eigenvalue weighted by Crippen LogP contribution is -2.53. The van der Waals surface area contributed by atoms with Gasteiger partial charge < -0.3 is 19.7 Å². The molecule has 3 rings (SSSR count). The van der Waals surface area contributed by atoms with Crippen LogP contribution in [-0.4, -0.2) is 31.1 Å². The van der Waals surface area contributed by atoms with Crippen LogP contribution in [0.25, 0.3) is 0 Å². The Bertz CT molecular complexity index is 898. The molecule has 0 radical (unpaired) electrons. The standard InChI is InChI=1S/C21H23ClN2O4/c1-21(2)20(26)24(16-12-15(22)8-9-18(16)28-21)11-10-19(25)23-13-14-6-4-5-7-17(14)27-3/h4-9,12H,10-11,13H2,1-3H3,(H,23,25). The van der Waals surface area contributed by atoms with Crippen LogP contribution in [0.4, 0.5) is 5.69 Å². The van der Waals surface area contributed by atoms with Crippen LogP contribution in [0.1, 0.15) is 25.8 Å². The predicted molar refractivity (Wildman–Crippen MR) is 108 cm³/mol. The fourth-order valence-electron chi connectivity index (χ4n) is 3.11. The molecule has 1 aliphatic heterocycles. The van der Waals surface area contributed by atoms with Gasteiger partial charge >= 0.3 is 0 Å². The molecule has 6 nitrogen and oxygen atoms in total. The highest BCUT2D eigenvalue weighted by atomic mass is 35.5. The summed E-state index contributed by atoms with van der Waals surface area (Å²) in [5, 5.41) is 3.37. The summed E-state index contributed by atoms with van der Waals surface area (Å²) in [7, 11) is 1.59. The molecule has 0 unspecified atom stereocenters. The topological polar surface area (TPSA) is 67.9 Å². The number of nitrogens with one attached hydrogen (secondary N) is 1. The maximum atomic E-state index is 12.8. The number of halogens is 1. The van der Waals surface area contributed by atoms with Gasteiger partial charge in [-0.1, -0.05) is 29.8 Å². The molecule has 0 atom stereocenters. The van der Waals surface area contributed by atoms with E-state index < -0.39 is 5.60 Å². The average molecular weight is 403 g/mol. The second kappa shape index (κ2) is 8.10. The fraction of sp³-hybridized carbons (Fsp3) is 0.333. The molecule has 0 aromatic heterocycles. The molecular weight excluding hydrogens is 380 g/mol. The van der Waals surface area contributed by atoms with Crippen molar-refractivity contribution in [2.75, 3.05) is 18.6 Å². The summed E-state index contributed by atoms with van der Waals surface area (Å²) in [4.78, 5) is 26.7. The minimum Gasteiger partial charge on any atom is -0.496 e. The van der Waals surface area contributed by atoms with E-state index in [1.54, 1.807) is 44.1 Å². The van der Waals surface area contributed by atoms with Crippen LogP contribution < -0.4 is 19.7 Å². The first kappa shape index (κ1) is 20.0. The summed E-state index contributed by atoms with van der Waals surface area (Å²) in [6, 6.07) is 12.6. The van der Waals surface area contributed by atoms with Gasteiger partial charge in [-0.05, 0) is 38.1 Å². The molecule has 1 aliphatic rings. The van der Waals surface area contributed by atoms with Crippen LogP contribution in [0.2, 0.25) is 5.02 Å². The molecule has 7 heteroatoms. The number of fused-ring (bicyclic) bond motifs is 1. The molecular formula is C21H23ClN2O4. The number of hydrogen-bond donors (Lipinski definition) is 1. The number of methoxy groups -OCH3 is 1. The lowest BCUT2D eigenvalue weighted by atomic mass is 10.0. The number of carbonyl (C=O) groups excluding carboxylic acids is 2. The van der Waals surface area contributed by atoms with Crippen molar-refractivity contribution in [3.05, 3.63) is 53.1 Å². The highest BCUT2D eigenvalue weighted by molar-refractivity contribution is 6.31. The second-order valence-corrected chi connectivity index (χ2v) is 7.46. The van der Waals surface area contributed by atoms with E-state index in [1.165, 1.54) is 0 Å². The molecule has 2 aromatic rings. The highest BCUT2D eigenvalue weighted by Gasteiger charge is 2.40. The summed E-state index contributed by atoms with van der Waals surface area (Å²) < 4.78 is 11.1. The Kier molecular flexibility index (Phi) is 5.79. The van der Waals surface area contributed by atoms with Crippen molar-refractivity contribution in [1.82, 2.24) is 5.32 Å². The lowest BCUT2D eigenvalue weighted by Gasteiger charge is -2.38. The van der Waals surface area contributed by atoms with E-state index in [-0.39, 0.29) is 24.8 Å². The molecule has 0 saturated carbocycles. The lowest BCUT2D eigenvalue weighted by molar-refractivity contribution is -0.132. The van der Waals surface area contributed by atoms with Gasteiger partial charge in [-0.25, -0.2) is 0 Å². The number of benzene rings is 2. The van der Waals surface area contributed by atoms with Crippen molar-refractivity contribution >= 4 is 29.1 Å². The Morgan fingerprint density at radius 2 is 2.00 bits per heavy atom. The van der Waals surface area contributed by atoms with Crippen molar-refractivity contribution < 1.29 is 19.1 Å². The van der Waals surface area contributed by atoms with Gasteiger partial charge in [0, 0.05) is 30.1 Å².